The lowest BCUT2D eigenvalue weighted by Crippen LogP contribution is -2.46. The molecule has 0 aliphatic carbocycles. The van der Waals surface area contributed by atoms with Gasteiger partial charge in [0.05, 0.1) is 0 Å². The summed E-state index contributed by atoms with van der Waals surface area (Å²) in [5, 5.41) is 6.90. The van der Waals surface area contributed by atoms with Gasteiger partial charge < -0.3 is 15.5 Å². The summed E-state index contributed by atoms with van der Waals surface area (Å²) >= 11 is 6.21. The maximum Gasteiger partial charge on any atom is 0.220 e. The normalized spacial score (nSPS) is 15.3. The van der Waals surface area contributed by atoms with Gasteiger partial charge in [-0.25, -0.2) is 0 Å². The number of nitrogens with one attached hydrogen (secondary N) is 2. The van der Waals surface area contributed by atoms with Gasteiger partial charge in [-0.2, -0.15) is 0 Å². The Morgan fingerprint density at radius 1 is 1.31 bits per heavy atom. The maximum absolute atomic E-state index is 11.5. The van der Waals surface area contributed by atoms with E-state index in [1.54, 1.807) is 7.05 Å². The maximum atomic E-state index is 11.5. The number of aliphatic imine (C=N–C) groups is 1. The van der Waals surface area contributed by atoms with Crippen molar-refractivity contribution >= 4 is 47.4 Å². The number of benzene rings is 1. The van der Waals surface area contributed by atoms with E-state index in [0.717, 1.165) is 55.4 Å². The molecule has 0 atom stereocenters. The van der Waals surface area contributed by atoms with Crippen LogP contribution < -0.4 is 10.6 Å². The van der Waals surface area contributed by atoms with E-state index in [9.17, 15) is 4.79 Å². The van der Waals surface area contributed by atoms with Crippen molar-refractivity contribution < 1.29 is 4.79 Å². The number of guanidine groups is 1. The Hall–Kier alpha value is -1.02. The number of likely N-dealkylation sites (tertiary alicyclic amines) is 1. The van der Waals surface area contributed by atoms with Gasteiger partial charge in [-0.05, 0) is 43.7 Å². The summed E-state index contributed by atoms with van der Waals surface area (Å²) in [5.74, 6) is 1.58. The summed E-state index contributed by atoms with van der Waals surface area (Å²) in [6.45, 7) is 5.54. The van der Waals surface area contributed by atoms with Gasteiger partial charge in [-0.3, -0.25) is 9.79 Å². The van der Waals surface area contributed by atoms with Crippen molar-refractivity contribution in [2.45, 2.75) is 32.6 Å². The Labute approximate surface area is 179 Å². The van der Waals surface area contributed by atoms with Gasteiger partial charge in [0.15, 0.2) is 5.96 Å². The summed E-state index contributed by atoms with van der Waals surface area (Å²) in [7, 11) is 1.70. The molecule has 146 valence electrons. The molecule has 0 unspecified atom stereocenters. The fourth-order valence-corrected chi connectivity index (χ4v) is 3.35. The standard InChI is InChI=1S/C19H29ClN4O.HI/c1-3-22-19(23-11-8-16-6-4-5-7-17(16)20)24-12-9-15(10-13-24)14-18(25)21-2;/h4-7,15H,3,8-14H2,1-2H3,(H,21,25)(H,22,23);1H. The van der Waals surface area contributed by atoms with E-state index >= 15 is 0 Å². The zero-order valence-corrected chi connectivity index (χ0v) is 18.7. The average Bonchev–Trinajstić information content (AvgIpc) is 2.63. The lowest BCUT2D eigenvalue weighted by atomic mass is 9.93. The lowest BCUT2D eigenvalue weighted by Gasteiger charge is -2.34. The molecule has 1 aliphatic rings. The Morgan fingerprint density at radius 2 is 2.00 bits per heavy atom. The minimum atomic E-state index is 0. The zero-order valence-electron chi connectivity index (χ0n) is 15.6. The highest BCUT2D eigenvalue weighted by Crippen LogP contribution is 2.20. The molecule has 0 radical (unpaired) electrons. The smallest absolute Gasteiger partial charge is 0.220 e. The first-order chi connectivity index (χ1) is 12.1. The van der Waals surface area contributed by atoms with Crippen molar-refractivity contribution in [2.24, 2.45) is 10.9 Å². The number of rotatable bonds is 6. The molecule has 0 saturated carbocycles. The van der Waals surface area contributed by atoms with Crippen LogP contribution >= 0.6 is 35.6 Å². The largest absolute Gasteiger partial charge is 0.359 e. The zero-order chi connectivity index (χ0) is 18.1. The molecule has 1 fully saturated rings. The lowest BCUT2D eigenvalue weighted by molar-refractivity contribution is -0.121. The van der Waals surface area contributed by atoms with Crippen molar-refractivity contribution in [3.63, 3.8) is 0 Å². The predicted octanol–water partition coefficient (Wildman–Crippen LogP) is 3.31. The number of halogens is 2. The van der Waals surface area contributed by atoms with Crippen molar-refractivity contribution in [1.29, 1.82) is 0 Å². The third-order valence-electron chi connectivity index (χ3n) is 4.60. The second kappa shape index (κ2) is 12.4. The highest BCUT2D eigenvalue weighted by molar-refractivity contribution is 14.0. The van der Waals surface area contributed by atoms with Gasteiger partial charge in [0.1, 0.15) is 0 Å². The minimum Gasteiger partial charge on any atom is -0.359 e. The third kappa shape index (κ3) is 7.31. The summed E-state index contributed by atoms with van der Waals surface area (Å²) in [6, 6.07) is 7.92. The summed E-state index contributed by atoms with van der Waals surface area (Å²) in [5.41, 5.74) is 1.13. The molecule has 26 heavy (non-hydrogen) atoms. The Bertz CT molecular complexity index is 589. The van der Waals surface area contributed by atoms with Gasteiger partial charge in [-0.1, -0.05) is 29.8 Å². The second-order valence-electron chi connectivity index (χ2n) is 6.38. The van der Waals surface area contributed by atoms with Gasteiger partial charge >= 0.3 is 0 Å². The molecule has 1 aliphatic heterocycles. The van der Waals surface area contributed by atoms with Crippen LogP contribution in [-0.2, 0) is 11.2 Å². The van der Waals surface area contributed by atoms with E-state index in [1.165, 1.54) is 0 Å². The minimum absolute atomic E-state index is 0. The fourth-order valence-electron chi connectivity index (χ4n) is 3.12. The highest BCUT2D eigenvalue weighted by atomic mass is 127. The van der Waals surface area contributed by atoms with Crippen LogP contribution in [0.3, 0.4) is 0 Å². The first-order valence-electron chi connectivity index (χ1n) is 9.11. The van der Waals surface area contributed by atoms with Crippen LogP contribution in [0.4, 0.5) is 0 Å². The molecule has 1 heterocycles. The van der Waals surface area contributed by atoms with Crippen LogP contribution in [-0.4, -0.2) is 50.0 Å². The second-order valence-corrected chi connectivity index (χ2v) is 6.79. The van der Waals surface area contributed by atoms with Gasteiger partial charge in [0.2, 0.25) is 5.91 Å². The van der Waals surface area contributed by atoms with E-state index in [1.807, 2.05) is 18.2 Å². The number of carbonyl (C=O) groups is 1. The van der Waals surface area contributed by atoms with Crippen LogP contribution in [0.25, 0.3) is 0 Å². The summed E-state index contributed by atoms with van der Waals surface area (Å²) in [4.78, 5) is 18.6. The number of carbonyl (C=O) groups excluding carboxylic acids is 1. The number of piperidine rings is 1. The number of amides is 1. The SMILES string of the molecule is CCNC(=NCCc1ccccc1Cl)N1CCC(CC(=O)NC)CC1.I. The van der Waals surface area contributed by atoms with Crippen LogP contribution in [0.5, 0.6) is 0 Å². The van der Waals surface area contributed by atoms with Crippen LogP contribution in [0.1, 0.15) is 31.7 Å². The quantitative estimate of drug-likeness (QED) is 0.364. The summed E-state index contributed by atoms with van der Waals surface area (Å²) < 4.78 is 0. The molecule has 7 heteroatoms. The number of nitrogens with zero attached hydrogens (tertiary/aromatic N) is 2. The Morgan fingerprint density at radius 3 is 2.62 bits per heavy atom. The van der Waals surface area contributed by atoms with Crippen molar-refractivity contribution in [1.82, 2.24) is 15.5 Å². The van der Waals surface area contributed by atoms with E-state index in [0.29, 0.717) is 18.9 Å². The van der Waals surface area contributed by atoms with Gasteiger partial charge in [0.25, 0.3) is 0 Å². The van der Waals surface area contributed by atoms with Crippen molar-refractivity contribution in [3.8, 4) is 0 Å². The monoisotopic (exact) mass is 492 g/mol. The van der Waals surface area contributed by atoms with Crippen LogP contribution in [0.15, 0.2) is 29.3 Å². The molecular formula is C19H30ClIN4O. The molecule has 0 aromatic heterocycles. The number of hydrogen-bond acceptors (Lipinski definition) is 2. The van der Waals surface area contributed by atoms with E-state index in [4.69, 9.17) is 16.6 Å². The molecule has 1 amide bonds. The molecule has 2 N–H and O–H groups in total. The van der Waals surface area contributed by atoms with Crippen molar-refractivity contribution in [3.05, 3.63) is 34.9 Å². The van der Waals surface area contributed by atoms with E-state index < -0.39 is 0 Å². The van der Waals surface area contributed by atoms with Crippen molar-refractivity contribution in [2.75, 3.05) is 33.2 Å². The molecule has 5 nitrogen and oxygen atoms in total. The average molecular weight is 493 g/mol. The molecule has 1 saturated heterocycles. The van der Waals surface area contributed by atoms with Crippen LogP contribution in [0, 0.1) is 5.92 Å². The van der Waals surface area contributed by atoms with Crippen LogP contribution in [0.2, 0.25) is 5.02 Å². The Kier molecular flexibility index (Phi) is 11.0. The molecule has 1 aromatic carbocycles. The topological polar surface area (TPSA) is 56.7 Å². The summed E-state index contributed by atoms with van der Waals surface area (Å²) in [6.07, 6.45) is 3.52. The molecule has 0 spiro atoms. The molecule has 1 aromatic rings. The Balaban J connectivity index is 0.00000338. The fraction of sp³-hybridized carbons (Fsp3) is 0.579. The predicted molar refractivity (Wildman–Crippen MR) is 120 cm³/mol. The molecule has 2 rings (SSSR count). The highest BCUT2D eigenvalue weighted by Gasteiger charge is 2.22. The van der Waals surface area contributed by atoms with E-state index in [-0.39, 0.29) is 29.9 Å². The van der Waals surface area contributed by atoms with E-state index in [2.05, 4.69) is 28.5 Å². The van der Waals surface area contributed by atoms with Gasteiger partial charge in [-0.15, -0.1) is 24.0 Å². The number of hydrogen-bond donors (Lipinski definition) is 2. The molecule has 0 bridgehead atoms. The first-order valence-corrected chi connectivity index (χ1v) is 9.49. The first kappa shape index (κ1) is 23.0. The van der Waals surface area contributed by atoms with Gasteiger partial charge in [0, 0.05) is 44.7 Å². The third-order valence-corrected chi connectivity index (χ3v) is 4.97. The molecular weight excluding hydrogens is 463 g/mol.